The van der Waals surface area contributed by atoms with Crippen molar-refractivity contribution in [3.8, 4) is 5.75 Å². The smallest absolute Gasteiger partial charge is 0.263 e. The summed E-state index contributed by atoms with van der Waals surface area (Å²) in [7, 11) is 0. The average molecular weight is 289 g/mol. The van der Waals surface area contributed by atoms with Gasteiger partial charge in [0.1, 0.15) is 11.9 Å². The van der Waals surface area contributed by atoms with Gasteiger partial charge in [0.05, 0.1) is 0 Å². The van der Waals surface area contributed by atoms with Gasteiger partial charge in [-0.1, -0.05) is 42.0 Å². The summed E-state index contributed by atoms with van der Waals surface area (Å²) in [6, 6.07) is 12.1. The van der Waals surface area contributed by atoms with Crippen molar-refractivity contribution in [3.63, 3.8) is 0 Å². The minimum absolute atomic E-state index is 0.0230. The predicted octanol–water partition coefficient (Wildman–Crippen LogP) is 4.46. The second kappa shape index (κ2) is 5.45. The van der Waals surface area contributed by atoms with Crippen LogP contribution in [0.4, 0.5) is 8.78 Å². The Balaban J connectivity index is 1.86. The molecule has 0 aromatic heterocycles. The largest absolute Gasteiger partial charge is 0.485 e. The van der Waals surface area contributed by atoms with Crippen LogP contribution in [0.25, 0.3) is 0 Å². The highest BCUT2D eigenvalue weighted by molar-refractivity contribution is 5.41. The van der Waals surface area contributed by atoms with Crippen molar-refractivity contribution in [2.75, 3.05) is 0 Å². The van der Waals surface area contributed by atoms with Crippen molar-refractivity contribution in [2.24, 2.45) is 5.73 Å². The van der Waals surface area contributed by atoms with Crippen LogP contribution in [-0.4, -0.2) is 0 Å². The minimum Gasteiger partial charge on any atom is -0.485 e. The van der Waals surface area contributed by atoms with E-state index >= 15 is 0 Å². The third-order valence-electron chi connectivity index (χ3n) is 3.86. The quantitative estimate of drug-likeness (QED) is 0.886. The lowest BCUT2D eigenvalue weighted by Gasteiger charge is -2.31. The minimum atomic E-state index is -2.45. The maximum Gasteiger partial charge on any atom is 0.263 e. The lowest BCUT2D eigenvalue weighted by molar-refractivity contribution is 0.150. The highest BCUT2D eigenvalue weighted by Crippen LogP contribution is 2.40. The third-order valence-corrected chi connectivity index (χ3v) is 3.86. The molecule has 1 aliphatic rings. The maximum atomic E-state index is 12.6. The normalized spacial score (nSPS) is 21.0. The molecule has 21 heavy (non-hydrogen) atoms. The van der Waals surface area contributed by atoms with Crippen molar-refractivity contribution >= 4 is 0 Å². The Kier molecular flexibility index (Phi) is 3.64. The zero-order chi connectivity index (χ0) is 15.0. The fourth-order valence-electron chi connectivity index (χ4n) is 2.68. The van der Waals surface area contributed by atoms with Gasteiger partial charge < -0.3 is 10.5 Å². The number of aryl methyl sites for hydroxylation is 1. The number of alkyl halides is 2. The van der Waals surface area contributed by atoms with Gasteiger partial charge in [0.15, 0.2) is 0 Å². The van der Waals surface area contributed by atoms with Crippen molar-refractivity contribution in [2.45, 2.75) is 31.9 Å². The Morgan fingerprint density at radius 3 is 2.52 bits per heavy atom. The molecule has 0 saturated heterocycles. The molecule has 1 aliphatic heterocycles. The first-order valence-electron chi connectivity index (χ1n) is 6.95. The molecule has 2 atom stereocenters. The lowest BCUT2D eigenvalue weighted by Crippen LogP contribution is -2.24. The van der Waals surface area contributed by atoms with E-state index in [0.29, 0.717) is 6.42 Å². The summed E-state index contributed by atoms with van der Waals surface area (Å²) < 4.78 is 31.1. The van der Waals surface area contributed by atoms with E-state index in [1.54, 1.807) is 12.1 Å². The first-order chi connectivity index (χ1) is 10.0. The van der Waals surface area contributed by atoms with E-state index in [1.807, 2.05) is 25.1 Å². The molecule has 0 amide bonds. The van der Waals surface area contributed by atoms with Crippen LogP contribution in [0.2, 0.25) is 0 Å². The monoisotopic (exact) mass is 289 g/mol. The van der Waals surface area contributed by atoms with Crippen LogP contribution in [0.1, 0.15) is 47.2 Å². The van der Waals surface area contributed by atoms with Gasteiger partial charge >= 0.3 is 0 Å². The van der Waals surface area contributed by atoms with Crippen molar-refractivity contribution in [1.29, 1.82) is 0 Å². The van der Waals surface area contributed by atoms with Crippen LogP contribution < -0.4 is 10.5 Å². The number of nitrogens with two attached hydrogens (primary N) is 1. The van der Waals surface area contributed by atoms with E-state index in [4.69, 9.17) is 10.5 Å². The topological polar surface area (TPSA) is 35.2 Å². The number of hydrogen-bond donors (Lipinski definition) is 1. The molecule has 3 rings (SSSR count). The fourth-order valence-corrected chi connectivity index (χ4v) is 2.68. The maximum absolute atomic E-state index is 12.6. The van der Waals surface area contributed by atoms with Gasteiger partial charge in [-0.05, 0) is 18.6 Å². The van der Waals surface area contributed by atoms with Crippen molar-refractivity contribution < 1.29 is 13.5 Å². The summed E-state index contributed by atoms with van der Waals surface area (Å²) in [6.07, 6.45) is -2.00. The van der Waals surface area contributed by atoms with Crippen molar-refractivity contribution in [1.82, 2.24) is 0 Å². The van der Waals surface area contributed by atoms with Gasteiger partial charge in [-0.2, -0.15) is 0 Å². The van der Waals surface area contributed by atoms with Gasteiger partial charge in [-0.25, -0.2) is 8.78 Å². The number of ether oxygens (including phenoxy) is 1. The molecule has 0 bridgehead atoms. The molecule has 1 unspecified atom stereocenters. The van der Waals surface area contributed by atoms with Crippen molar-refractivity contribution in [3.05, 3.63) is 64.7 Å². The predicted molar refractivity (Wildman–Crippen MR) is 77.5 cm³/mol. The molecule has 0 fully saturated rings. The summed E-state index contributed by atoms with van der Waals surface area (Å²) in [5.41, 5.74) is 9.28. The number of hydrogen-bond acceptors (Lipinski definition) is 2. The molecule has 2 aromatic carbocycles. The molecular formula is C17H17F2NO. The standard InChI is InChI=1S/C17H17F2NO/c1-10-2-7-15-13(8-10)14(20)9-16(21-15)11-3-5-12(6-4-11)17(18)19/h2-8,14,16-17H,9,20H2,1H3/t14-,16?/m1/s1. The van der Waals surface area contributed by atoms with Crippen LogP contribution >= 0.6 is 0 Å². The Hall–Kier alpha value is -1.94. The molecule has 0 spiro atoms. The first-order valence-corrected chi connectivity index (χ1v) is 6.95. The molecular weight excluding hydrogens is 272 g/mol. The first kappa shape index (κ1) is 14.0. The zero-order valence-corrected chi connectivity index (χ0v) is 11.7. The molecule has 2 N–H and O–H groups in total. The van der Waals surface area contributed by atoms with Gasteiger partial charge in [-0.3, -0.25) is 0 Å². The van der Waals surface area contributed by atoms with E-state index in [2.05, 4.69) is 0 Å². The summed E-state index contributed by atoms with van der Waals surface area (Å²) in [5, 5.41) is 0. The fraction of sp³-hybridized carbons (Fsp3) is 0.294. The van der Waals surface area contributed by atoms with Crippen LogP contribution in [0.5, 0.6) is 5.75 Å². The zero-order valence-electron chi connectivity index (χ0n) is 11.7. The molecule has 2 aromatic rings. The molecule has 0 radical (unpaired) electrons. The number of rotatable bonds is 2. The van der Waals surface area contributed by atoms with Gasteiger partial charge in [-0.15, -0.1) is 0 Å². The summed E-state index contributed by atoms with van der Waals surface area (Å²) in [4.78, 5) is 0. The van der Waals surface area contributed by atoms with E-state index in [-0.39, 0.29) is 17.7 Å². The van der Waals surface area contributed by atoms with Crippen LogP contribution in [-0.2, 0) is 0 Å². The van der Waals surface area contributed by atoms with Crippen LogP contribution in [0, 0.1) is 6.92 Å². The Morgan fingerprint density at radius 2 is 1.86 bits per heavy atom. The van der Waals surface area contributed by atoms with E-state index < -0.39 is 6.43 Å². The Morgan fingerprint density at radius 1 is 1.14 bits per heavy atom. The highest BCUT2D eigenvalue weighted by atomic mass is 19.3. The molecule has 110 valence electrons. The lowest BCUT2D eigenvalue weighted by atomic mass is 9.92. The Bertz CT molecular complexity index is 640. The number of halogens is 2. The average Bonchev–Trinajstić information content (AvgIpc) is 2.48. The Labute approximate surface area is 122 Å². The van der Waals surface area contributed by atoms with E-state index in [0.717, 1.165) is 22.4 Å². The SMILES string of the molecule is Cc1ccc2c(c1)[C@H](N)CC(c1ccc(C(F)F)cc1)O2. The van der Waals surface area contributed by atoms with Gasteiger partial charge in [0.25, 0.3) is 6.43 Å². The van der Waals surface area contributed by atoms with Crippen LogP contribution in [0.3, 0.4) is 0 Å². The second-order valence-corrected chi connectivity index (χ2v) is 5.46. The molecule has 0 saturated carbocycles. The number of fused-ring (bicyclic) bond motifs is 1. The molecule has 2 nitrogen and oxygen atoms in total. The van der Waals surface area contributed by atoms with Gasteiger partial charge in [0.2, 0.25) is 0 Å². The summed E-state index contributed by atoms with van der Waals surface area (Å²) in [6.45, 7) is 2.02. The van der Waals surface area contributed by atoms with E-state index in [9.17, 15) is 8.78 Å². The van der Waals surface area contributed by atoms with Crippen LogP contribution in [0.15, 0.2) is 42.5 Å². The molecule has 1 heterocycles. The molecule has 4 heteroatoms. The van der Waals surface area contributed by atoms with Gasteiger partial charge in [0, 0.05) is 23.6 Å². The summed E-state index contributed by atoms with van der Waals surface area (Å²) in [5.74, 6) is 0.780. The summed E-state index contributed by atoms with van der Waals surface area (Å²) >= 11 is 0. The molecule has 0 aliphatic carbocycles. The number of benzene rings is 2. The third kappa shape index (κ3) is 2.76. The highest BCUT2D eigenvalue weighted by Gasteiger charge is 2.27. The van der Waals surface area contributed by atoms with E-state index in [1.165, 1.54) is 12.1 Å². The second-order valence-electron chi connectivity index (χ2n) is 5.46.